The Morgan fingerprint density at radius 3 is 2.35 bits per heavy atom. The molecule has 1 aromatic carbocycles. The van der Waals surface area contributed by atoms with Crippen LogP contribution in [0.25, 0.3) is 0 Å². The van der Waals surface area contributed by atoms with Crippen molar-refractivity contribution >= 4 is 33.2 Å². The maximum absolute atomic E-state index is 11.1. The van der Waals surface area contributed by atoms with Crippen LogP contribution in [0.1, 0.15) is 20.3 Å². The zero-order valence-corrected chi connectivity index (χ0v) is 13.8. The second kappa shape index (κ2) is 5.85. The van der Waals surface area contributed by atoms with Gasteiger partial charge in [0.05, 0.1) is 6.26 Å². The number of sulfonamides is 1. The molecule has 112 valence electrons. The van der Waals surface area contributed by atoms with Crippen molar-refractivity contribution in [3.05, 3.63) is 24.3 Å². The van der Waals surface area contributed by atoms with E-state index in [1.54, 1.807) is 12.1 Å². The van der Waals surface area contributed by atoms with E-state index in [0.717, 1.165) is 24.1 Å². The Morgan fingerprint density at radius 1 is 1.20 bits per heavy atom. The van der Waals surface area contributed by atoms with Gasteiger partial charge in [0.1, 0.15) is 0 Å². The van der Waals surface area contributed by atoms with Gasteiger partial charge in [0, 0.05) is 23.2 Å². The van der Waals surface area contributed by atoms with Crippen molar-refractivity contribution < 1.29 is 8.42 Å². The van der Waals surface area contributed by atoms with E-state index in [4.69, 9.17) is 0 Å². The summed E-state index contributed by atoms with van der Waals surface area (Å²) < 4.78 is 24.8. The number of anilines is 2. The normalized spacial score (nSPS) is 22.2. The predicted octanol–water partition coefficient (Wildman–Crippen LogP) is 3.00. The maximum Gasteiger partial charge on any atom is 0.229 e. The SMILES string of the molecule is CC1(C)CSCC(Nc2ccc(NS(C)(=O)=O)cc2)C1. The van der Waals surface area contributed by atoms with E-state index in [1.165, 1.54) is 5.75 Å². The number of benzene rings is 1. The highest BCUT2D eigenvalue weighted by atomic mass is 32.2. The fourth-order valence-corrected chi connectivity index (χ4v) is 4.28. The summed E-state index contributed by atoms with van der Waals surface area (Å²) in [5.74, 6) is 2.33. The van der Waals surface area contributed by atoms with Crippen molar-refractivity contribution in [2.45, 2.75) is 26.3 Å². The molecule has 1 aliphatic heterocycles. The highest BCUT2D eigenvalue weighted by Gasteiger charge is 2.28. The first kappa shape index (κ1) is 15.5. The van der Waals surface area contributed by atoms with Crippen LogP contribution in [0.2, 0.25) is 0 Å². The molecule has 20 heavy (non-hydrogen) atoms. The van der Waals surface area contributed by atoms with Crippen LogP contribution >= 0.6 is 11.8 Å². The second-order valence-electron chi connectivity index (χ2n) is 6.18. The number of hydrogen-bond donors (Lipinski definition) is 2. The third-order valence-corrected chi connectivity index (χ3v) is 5.40. The van der Waals surface area contributed by atoms with Crippen molar-refractivity contribution in [1.82, 2.24) is 0 Å². The maximum atomic E-state index is 11.1. The molecular formula is C14H22N2O2S2. The average molecular weight is 314 g/mol. The van der Waals surface area contributed by atoms with Gasteiger partial charge in [-0.3, -0.25) is 4.72 Å². The van der Waals surface area contributed by atoms with E-state index in [-0.39, 0.29) is 0 Å². The van der Waals surface area contributed by atoms with Crippen molar-refractivity contribution in [1.29, 1.82) is 0 Å². The zero-order valence-electron chi connectivity index (χ0n) is 12.1. The lowest BCUT2D eigenvalue weighted by molar-refractivity contribution is 0.358. The molecule has 2 N–H and O–H groups in total. The summed E-state index contributed by atoms with van der Waals surface area (Å²) in [5.41, 5.74) is 2.00. The van der Waals surface area contributed by atoms with Gasteiger partial charge in [-0.2, -0.15) is 11.8 Å². The van der Waals surface area contributed by atoms with Gasteiger partial charge in [-0.15, -0.1) is 0 Å². The third-order valence-electron chi connectivity index (χ3n) is 3.17. The quantitative estimate of drug-likeness (QED) is 0.897. The van der Waals surface area contributed by atoms with E-state index in [2.05, 4.69) is 23.9 Å². The predicted molar refractivity (Wildman–Crippen MR) is 88.0 cm³/mol. The summed E-state index contributed by atoms with van der Waals surface area (Å²) >= 11 is 1.99. The Bertz CT molecular complexity index is 553. The first-order valence-electron chi connectivity index (χ1n) is 6.66. The van der Waals surface area contributed by atoms with Gasteiger partial charge in [-0.1, -0.05) is 13.8 Å². The molecule has 0 spiro atoms. The lowest BCUT2D eigenvalue weighted by Gasteiger charge is -2.35. The van der Waals surface area contributed by atoms with E-state index in [9.17, 15) is 8.42 Å². The largest absolute Gasteiger partial charge is 0.381 e. The van der Waals surface area contributed by atoms with Crippen molar-refractivity contribution in [3.8, 4) is 0 Å². The Morgan fingerprint density at radius 2 is 1.80 bits per heavy atom. The number of thioether (sulfide) groups is 1. The van der Waals surface area contributed by atoms with E-state index < -0.39 is 10.0 Å². The molecule has 1 atom stereocenters. The van der Waals surface area contributed by atoms with Crippen LogP contribution in [0.5, 0.6) is 0 Å². The first-order valence-corrected chi connectivity index (χ1v) is 9.70. The molecule has 0 aliphatic carbocycles. The summed E-state index contributed by atoms with van der Waals surface area (Å²) in [6, 6.07) is 7.87. The van der Waals surface area contributed by atoms with Crippen LogP contribution in [0.3, 0.4) is 0 Å². The Kier molecular flexibility index (Phi) is 4.54. The topological polar surface area (TPSA) is 58.2 Å². The Balaban J connectivity index is 1.97. The fraction of sp³-hybridized carbons (Fsp3) is 0.571. The minimum atomic E-state index is -3.21. The molecule has 0 saturated carbocycles. The van der Waals surface area contributed by atoms with Crippen molar-refractivity contribution in [2.24, 2.45) is 5.41 Å². The standard InChI is InChI=1S/C14H22N2O2S2/c1-14(2)8-13(9-19-10-14)15-11-4-6-12(7-5-11)16-20(3,17)18/h4-7,13,15-16H,8-10H2,1-3H3. The van der Waals surface area contributed by atoms with Crippen LogP contribution in [0.4, 0.5) is 11.4 Å². The number of nitrogens with one attached hydrogen (secondary N) is 2. The van der Waals surface area contributed by atoms with Crippen LogP contribution in [0.15, 0.2) is 24.3 Å². The molecule has 2 rings (SSSR count). The van der Waals surface area contributed by atoms with Gasteiger partial charge in [0.25, 0.3) is 0 Å². The minimum Gasteiger partial charge on any atom is -0.381 e. The molecule has 1 saturated heterocycles. The number of rotatable bonds is 4. The van der Waals surface area contributed by atoms with Gasteiger partial charge in [-0.05, 0) is 41.9 Å². The summed E-state index contributed by atoms with van der Waals surface area (Å²) in [6.07, 6.45) is 2.31. The second-order valence-corrected chi connectivity index (χ2v) is 8.96. The average Bonchev–Trinajstić information content (AvgIpc) is 2.28. The Labute approximate surface area is 125 Å². The lowest BCUT2D eigenvalue weighted by Crippen LogP contribution is -2.35. The van der Waals surface area contributed by atoms with Crippen molar-refractivity contribution in [2.75, 3.05) is 27.8 Å². The zero-order chi connectivity index (χ0) is 14.8. The highest BCUT2D eigenvalue weighted by molar-refractivity contribution is 7.99. The van der Waals surface area contributed by atoms with Crippen molar-refractivity contribution in [3.63, 3.8) is 0 Å². The summed E-state index contributed by atoms with van der Waals surface area (Å²) in [4.78, 5) is 0. The summed E-state index contributed by atoms with van der Waals surface area (Å²) in [7, 11) is -3.21. The monoisotopic (exact) mass is 314 g/mol. The lowest BCUT2D eigenvalue weighted by atomic mass is 9.88. The van der Waals surface area contributed by atoms with Gasteiger partial charge in [0.15, 0.2) is 0 Å². The van der Waals surface area contributed by atoms with E-state index in [0.29, 0.717) is 17.1 Å². The molecule has 0 aromatic heterocycles. The van der Waals surface area contributed by atoms with Gasteiger partial charge >= 0.3 is 0 Å². The van der Waals surface area contributed by atoms with Crippen LogP contribution in [-0.4, -0.2) is 32.2 Å². The molecule has 1 fully saturated rings. The molecule has 6 heteroatoms. The molecule has 0 radical (unpaired) electrons. The Hall–Kier alpha value is -0.880. The summed E-state index contributed by atoms with van der Waals surface area (Å²) in [6.45, 7) is 4.60. The summed E-state index contributed by atoms with van der Waals surface area (Å²) in [5, 5.41) is 3.53. The first-order chi connectivity index (χ1) is 9.23. The molecule has 0 bridgehead atoms. The van der Waals surface area contributed by atoms with Crippen LogP contribution in [0, 0.1) is 5.41 Å². The molecule has 1 aliphatic rings. The molecular weight excluding hydrogens is 292 g/mol. The fourth-order valence-electron chi connectivity index (χ4n) is 2.44. The molecule has 1 heterocycles. The van der Waals surface area contributed by atoms with Gasteiger partial charge in [0.2, 0.25) is 10.0 Å². The minimum absolute atomic E-state index is 0.373. The molecule has 0 amide bonds. The van der Waals surface area contributed by atoms with E-state index in [1.807, 2.05) is 23.9 Å². The van der Waals surface area contributed by atoms with Gasteiger partial charge in [-0.25, -0.2) is 8.42 Å². The molecule has 4 nitrogen and oxygen atoms in total. The molecule has 1 unspecified atom stereocenters. The van der Waals surface area contributed by atoms with Gasteiger partial charge < -0.3 is 5.32 Å². The number of hydrogen-bond acceptors (Lipinski definition) is 4. The van der Waals surface area contributed by atoms with Crippen LogP contribution in [-0.2, 0) is 10.0 Å². The van der Waals surface area contributed by atoms with E-state index >= 15 is 0 Å². The smallest absolute Gasteiger partial charge is 0.229 e. The highest BCUT2D eigenvalue weighted by Crippen LogP contribution is 2.34. The third kappa shape index (κ3) is 4.90. The van der Waals surface area contributed by atoms with Crippen LogP contribution < -0.4 is 10.0 Å². The molecule has 1 aromatic rings.